The van der Waals surface area contributed by atoms with Gasteiger partial charge in [0.2, 0.25) is 5.91 Å². The molecule has 1 amide bonds. The molecule has 0 spiro atoms. The molecular weight excluding hydrogens is 317 g/mol. The molecule has 6 heteroatoms. The molecule has 2 rings (SSSR count). The van der Waals surface area contributed by atoms with Gasteiger partial charge in [0.25, 0.3) is 0 Å². The number of hydrogen-bond donors (Lipinski definition) is 0. The number of amides is 1. The molecule has 0 aliphatic carbocycles. The van der Waals surface area contributed by atoms with Gasteiger partial charge in [0, 0.05) is 38.3 Å². The Morgan fingerprint density at radius 1 is 1.29 bits per heavy atom. The third-order valence-electron chi connectivity index (χ3n) is 4.48. The molecule has 1 aliphatic rings. The third-order valence-corrected chi connectivity index (χ3v) is 4.48. The summed E-state index contributed by atoms with van der Waals surface area (Å²) in [6, 6.07) is 5.40. The second-order valence-corrected chi connectivity index (χ2v) is 6.43. The minimum atomic E-state index is -4.34. The van der Waals surface area contributed by atoms with E-state index in [2.05, 4.69) is 18.7 Å². The Labute approximate surface area is 140 Å². The predicted octanol–water partition coefficient (Wildman–Crippen LogP) is 3.66. The van der Waals surface area contributed by atoms with Gasteiger partial charge in [-0.05, 0) is 44.0 Å². The third kappa shape index (κ3) is 4.60. The highest BCUT2D eigenvalue weighted by molar-refractivity contribution is 5.91. The van der Waals surface area contributed by atoms with Gasteiger partial charge >= 0.3 is 6.18 Å². The maximum Gasteiger partial charge on any atom is 0.416 e. The lowest BCUT2D eigenvalue weighted by Crippen LogP contribution is -2.39. The number of nitrogens with zero attached hydrogens (tertiary/aromatic N) is 2. The Hall–Kier alpha value is -1.82. The monoisotopic (exact) mass is 340 g/mol. The highest BCUT2D eigenvalue weighted by Gasteiger charge is 2.30. The molecule has 1 atom stereocenters. The fraction of sp³-hybridized carbons (Fsp3) is 0.500. The molecule has 1 aromatic rings. The van der Waals surface area contributed by atoms with Crippen molar-refractivity contribution < 1.29 is 18.0 Å². The fourth-order valence-electron chi connectivity index (χ4n) is 2.80. The van der Waals surface area contributed by atoms with Gasteiger partial charge in [-0.1, -0.05) is 12.1 Å². The number of hydrogen-bond acceptors (Lipinski definition) is 2. The summed E-state index contributed by atoms with van der Waals surface area (Å²) < 4.78 is 37.6. The molecule has 132 valence electrons. The van der Waals surface area contributed by atoms with E-state index in [0.717, 1.165) is 31.6 Å². The standard InChI is InChI=1S/C18H23F3N2O/c1-13(2)23-11-10-16(12-23)22(3)17(24)9-6-14-4-7-15(8-5-14)18(19,20)21/h4-9,13,16H,10-12H2,1-3H3/b9-6+. The first-order valence-electron chi connectivity index (χ1n) is 8.04. The normalized spacial score (nSPS) is 19.4. The van der Waals surface area contributed by atoms with Crippen molar-refractivity contribution in [2.45, 2.75) is 38.5 Å². The number of likely N-dealkylation sites (tertiary alicyclic amines) is 1. The number of carbonyl (C=O) groups is 1. The van der Waals surface area contributed by atoms with E-state index in [9.17, 15) is 18.0 Å². The fourth-order valence-corrected chi connectivity index (χ4v) is 2.80. The minimum absolute atomic E-state index is 0.134. The Balaban J connectivity index is 1.95. The Bertz CT molecular complexity index is 593. The number of halogens is 3. The van der Waals surface area contributed by atoms with Crippen molar-refractivity contribution in [3.05, 3.63) is 41.5 Å². The summed E-state index contributed by atoms with van der Waals surface area (Å²) in [5.74, 6) is -0.134. The van der Waals surface area contributed by atoms with Crippen molar-refractivity contribution in [1.29, 1.82) is 0 Å². The van der Waals surface area contributed by atoms with Crippen molar-refractivity contribution >= 4 is 12.0 Å². The van der Waals surface area contributed by atoms with Gasteiger partial charge in [-0.15, -0.1) is 0 Å². The summed E-state index contributed by atoms with van der Waals surface area (Å²) in [6.45, 7) is 6.10. The van der Waals surface area contributed by atoms with Crippen LogP contribution in [0.4, 0.5) is 13.2 Å². The zero-order valence-electron chi connectivity index (χ0n) is 14.2. The minimum Gasteiger partial charge on any atom is -0.338 e. The van der Waals surface area contributed by atoms with Gasteiger partial charge in [-0.2, -0.15) is 13.2 Å². The molecule has 0 saturated carbocycles. The summed E-state index contributed by atoms with van der Waals surface area (Å²) in [5, 5.41) is 0. The predicted molar refractivity (Wildman–Crippen MR) is 88.4 cm³/mol. The molecular formula is C18H23F3N2O. The maximum atomic E-state index is 12.5. The van der Waals surface area contributed by atoms with E-state index in [4.69, 9.17) is 0 Å². The van der Waals surface area contributed by atoms with Crippen LogP contribution in [0.3, 0.4) is 0 Å². The van der Waals surface area contributed by atoms with Crippen LogP contribution in [-0.2, 0) is 11.0 Å². The van der Waals surface area contributed by atoms with Crippen LogP contribution in [0, 0.1) is 0 Å². The SMILES string of the molecule is CC(C)N1CCC(N(C)C(=O)/C=C/c2ccc(C(F)(F)F)cc2)C1. The first-order valence-corrected chi connectivity index (χ1v) is 8.04. The number of carbonyl (C=O) groups excluding carboxylic acids is 1. The van der Waals surface area contributed by atoms with Gasteiger partial charge in [-0.3, -0.25) is 9.69 Å². The van der Waals surface area contributed by atoms with Crippen LogP contribution >= 0.6 is 0 Å². The smallest absolute Gasteiger partial charge is 0.338 e. The Kier molecular flexibility index (Phi) is 5.70. The van der Waals surface area contributed by atoms with Crippen LogP contribution in [0.5, 0.6) is 0 Å². The molecule has 0 radical (unpaired) electrons. The van der Waals surface area contributed by atoms with Crippen molar-refractivity contribution in [2.24, 2.45) is 0 Å². The molecule has 0 bridgehead atoms. The molecule has 3 nitrogen and oxygen atoms in total. The van der Waals surface area contributed by atoms with Crippen LogP contribution in [0.25, 0.3) is 6.08 Å². The summed E-state index contributed by atoms with van der Waals surface area (Å²) in [5.41, 5.74) is -0.122. The summed E-state index contributed by atoms with van der Waals surface area (Å²) in [7, 11) is 1.77. The Morgan fingerprint density at radius 3 is 2.42 bits per heavy atom. The van der Waals surface area contributed by atoms with Gasteiger partial charge in [-0.25, -0.2) is 0 Å². The zero-order valence-corrected chi connectivity index (χ0v) is 14.2. The number of alkyl halides is 3. The van der Waals surface area contributed by atoms with Gasteiger partial charge in [0.1, 0.15) is 0 Å². The second-order valence-electron chi connectivity index (χ2n) is 6.43. The number of benzene rings is 1. The average Bonchev–Trinajstić information content (AvgIpc) is 3.01. The lowest BCUT2D eigenvalue weighted by atomic mass is 10.1. The second kappa shape index (κ2) is 7.38. The van der Waals surface area contributed by atoms with Crippen LogP contribution in [0.1, 0.15) is 31.4 Å². The van der Waals surface area contributed by atoms with E-state index in [1.54, 1.807) is 18.0 Å². The van der Waals surface area contributed by atoms with Crippen LogP contribution in [-0.4, -0.2) is 47.9 Å². The van der Waals surface area contributed by atoms with Crippen molar-refractivity contribution in [3.63, 3.8) is 0 Å². The van der Waals surface area contributed by atoms with Crippen LogP contribution in [0.2, 0.25) is 0 Å². The van der Waals surface area contributed by atoms with Crippen molar-refractivity contribution in [1.82, 2.24) is 9.80 Å². The average molecular weight is 340 g/mol. The summed E-state index contributed by atoms with van der Waals surface area (Å²) in [4.78, 5) is 16.3. The highest BCUT2D eigenvalue weighted by atomic mass is 19.4. The molecule has 1 unspecified atom stereocenters. The van der Waals surface area contributed by atoms with Crippen LogP contribution < -0.4 is 0 Å². The summed E-state index contributed by atoms with van der Waals surface area (Å²) in [6.07, 6.45) is -0.438. The van der Waals surface area contributed by atoms with E-state index < -0.39 is 11.7 Å². The molecule has 1 fully saturated rings. The van der Waals surface area contributed by atoms with E-state index in [0.29, 0.717) is 11.6 Å². The zero-order chi connectivity index (χ0) is 17.9. The van der Waals surface area contributed by atoms with E-state index >= 15 is 0 Å². The van der Waals surface area contributed by atoms with Crippen molar-refractivity contribution in [3.8, 4) is 0 Å². The molecule has 1 aromatic carbocycles. The topological polar surface area (TPSA) is 23.6 Å². The largest absolute Gasteiger partial charge is 0.416 e. The maximum absolute atomic E-state index is 12.5. The number of rotatable bonds is 4. The van der Waals surface area contributed by atoms with E-state index in [-0.39, 0.29) is 11.9 Å². The van der Waals surface area contributed by atoms with Gasteiger partial charge in [0.05, 0.1) is 5.56 Å². The Morgan fingerprint density at radius 2 is 1.92 bits per heavy atom. The summed E-state index contributed by atoms with van der Waals surface area (Å²) >= 11 is 0. The molecule has 0 N–H and O–H groups in total. The molecule has 24 heavy (non-hydrogen) atoms. The molecule has 1 saturated heterocycles. The molecule has 1 heterocycles. The molecule has 1 aliphatic heterocycles. The first-order chi connectivity index (χ1) is 11.2. The van der Waals surface area contributed by atoms with Crippen molar-refractivity contribution in [2.75, 3.05) is 20.1 Å². The van der Waals surface area contributed by atoms with E-state index in [1.165, 1.54) is 18.2 Å². The quantitative estimate of drug-likeness (QED) is 0.781. The molecule has 0 aromatic heterocycles. The van der Waals surface area contributed by atoms with Crippen LogP contribution in [0.15, 0.2) is 30.3 Å². The van der Waals surface area contributed by atoms with Gasteiger partial charge < -0.3 is 4.90 Å². The first kappa shape index (κ1) is 18.5. The number of likely N-dealkylation sites (N-methyl/N-ethyl adjacent to an activating group) is 1. The van der Waals surface area contributed by atoms with Gasteiger partial charge in [0.15, 0.2) is 0 Å². The lowest BCUT2D eigenvalue weighted by Gasteiger charge is -2.25. The lowest BCUT2D eigenvalue weighted by molar-refractivity contribution is -0.137. The highest BCUT2D eigenvalue weighted by Crippen LogP contribution is 2.29. The van der Waals surface area contributed by atoms with E-state index in [1.807, 2.05) is 0 Å².